The van der Waals surface area contributed by atoms with E-state index in [0.717, 1.165) is 142 Å². The number of likely N-dealkylation sites (tertiary alicyclic amines) is 1. The number of benzene rings is 2. The molecule has 2 unspecified atom stereocenters. The Balaban J connectivity index is 0.000000182. The molecule has 25 nitrogen and oxygen atoms in total. The maximum Gasteiger partial charge on any atom is 0.410 e. The molecular formula is C61H88N14O11S2. The van der Waals surface area contributed by atoms with Crippen molar-refractivity contribution < 1.29 is 50.7 Å². The minimum atomic E-state index is -3.33. The molecule has 480 valence electrons. The van der Waals surface area contributed by atoms with Crippen molar-refractivity contribution in [1.29, 1.82) is 0 Å². The molecule has 88 heavy (non-hydrogen) atoms. The lowest BCUT2D eigenvalue weighted by molar-refractivity contribution is -0.144. The Hall–Kier alpha value is -7.23. The quantitative estimate of drug-likeness (QED) is 0.0728. The van der Waals surface area contributed by atoms with Gasteiger partial charge in [0, 0.05) is 81.2 Å². The van der Waals surface area contributed by atoms with Gasteiger partial charge in [0.2, 0.25) is 5.91 Å². The number of nitrogens with one attached hydrogen (secondary N) is 4. The number of carbonyl (C=O) groups is 5. The number of sulfone groups is 2. The molecule has 2 aromatic carbocycles. The van der Waals surface area contributed by atoms with E-state index < -0.39 is 43.1 Å². The van der Waals surface area contributed by atoms with Gasteiger partial charge in [-0.05, 0) is 196 Å². The maximum absolute atomic E-state index is 13.2. The van der Waals surface area contributed by atoms with Crippen LogP contribution in [0.3, 0.4) is 0 Å². The van der Waals surface area contributed by atoms with E-state index >= 15 is 0 Å². The molecule has 4 amide bonds. The molecular weight excluding hydrogens is 1170 g/mol. The lowest BCUT2D eigenvalue weighted by Crippen LogP contribution is -2.50. The van der Waals surface area contributed by atoms with Gasteiger partial charge in [-0.3, -0.25) is 19.2 Å². The lowest BCUT2D eigenvalue weighted by atomic mass is 9.65. The molecule has 0 radical (unpaired) electrons. The van der Waals surface area contributed by atoms with Gasteiger partial charge in [0.1, 0.15) is 17.2 Å². The monoisotopic (exact) mass is 1260 g/mol. The Morgan fingerprint density at radius 1 is 0.625 bits per heavy atom. The summed E-state index contributed by atoms with van der Waals surface area (Å²) in [6.45, 7) is 12.1. The van der Waals surface area contributed by atoms with Gasteiger partial charge in [-0.15, -0.1) is 0 Å². The smallest absolute Gasteiger partial charge is 0.410 e. The molecule has 6 fully saturated rings. The number of hydrogen-bond donors (Lipinski definition) is 8. The first-order valence-corrected chi connectivity index (χ1v) is 34.3. The summed E-state index contributed by atoms with van der Waals surface area (Å²) in [6.07, 6.45) is 20.9. The molecule has 2 aliphatic carbocycles. The van der Waals surface area contributed by atoms with Crippen LogP contribution in [0.4, 0.5) is 39.4 Å². The number of carboxylic acids is 1. The highest BCUT2D eigenvalue weighted by molar-refractivity contribution is 7.91. The van der Waals surface area contributed by atoms with Crippen molar-refractivity contribution in [3.05, 3.63) is 72.3 Å². The second-order valence-corrected chi connectivity index (χ2v) is 29.7. The fourth-order valence-electron chi connectivity index (χ4n) is 12.7. The zero-order valence-electron chi connectivity index (χ0n) is 51.3. The second kappa shape index (κ2) is 28.5. The van der Waals surface area contributed by atoms with Crippen LogP contribution in [0.2, 0.25) is 0 Å². The number of ether oxygens (including phenoxy) is 1. The predicted molar refractivity (Wildman–Crippen MR) is 335 cm³/mol. The van der Waals surface area contributed by atoms with Crippen molar-refractivity contribution in [3.8, 4) is 0 Å². The molecule has 6 aliphatic rings. The van der Waals surface area contributed by atoms with E-state index in [0.29, 0.717) is 41.5 Å². The maximum atomic E-state index is 13.2. The van der Waals surface area contributed by atoms with Crippen LogP contribution >= 0.6 is 0 Å². The number of anilines is 6. The van der Waals surface area contributed by atoms with Gasteiger partial charge in [-0.2, -0.15) is 0 Å². The highest BCUT2D eigenvalue weighted by atomic mass is 32.2. The van der Waals surface area contributed by atoms with Crippen LogP contribution in [-0.2, 0) is 34.0 Å². The summed E-state index contributed by atoms with van der Waals surface area (Å²) in [6, 6.07) is 12.4. The van der Waals surface area contributed by atoms with Gasteiger partial charge in [0.25, 0.3) is 11.8 Å². The number of aliphatic carboxylic acids is 1. The van der Waals surface area contributed by atoms with E-state index in [1.807, 2.05) is 25.7 Å². The van der Waals surface area contributed by atoms with Crippen molar-refractivity contribution in [1.82, 2.24) is 35.5 Å². The van der Waals surface area contributed by atoms with Crippen LogP contribution in [0.1, 0.15) is 144 Å². The molecule has 4 saturated heterocycles. The van der Waals surface area contributed by atoms with Crippen molar-refractivity contribution in [2.24, 2.45) is 39.9 Å². The number of primary amides is 2. The van der Waals surface area contributed by atoms with Gasteiger partial charge >= 0.3 is 12.1 Å². The van der Waals surface area contributed by atoms with E-state index in [9.17, 15) is 40.8 Å². The Morgan fingerprint density at radius 3 is 1.50 bits per heavy atom. The van der Waals surface area contributed by atoms with Crippen LogP contribution in [-0.4, -0.2) is 159 Å². The summed E-state index contributed by atoms with van der Waals surface area (Å²) in [4.78, 5) is 83.8. The summed E-state index contributed by atoms with van der Waals surface area (Å²) in [7, 11) is -6.62. The number of nitrogens with two attached hydrogens (primary N) is 3. The van der Waals surface area contributed by atoms with Crippen LogP contribution in [0, 0.1) is 22.7 Å². The summed E-state index contributed by atoms with van der Waals surface area (Å²) in [5, 5.41) is 21.9. The van der Waals surface area contributed by atoms with Gasteiger partial charge < -0.3 is 63.0 Å². The van der Waals surface area contributed by atoms with Crippen molar-refractivity contribution in [2.75, 3.05) is 85.3 Å². The van der Waals surface area contributed by atoms with Gasteiger partial charge in [-0.25, -0.2) is 41.6 Å². The third kappa shape index (κ3) is 18.2. The molecule has 2 saturated carbocycles. The van der Waals surface area contributed by atoms with Gasteiger partial charge in [0.15, 0.2) is 42.7 Å². The summed E-state index contributed by atoms with van der Waals surface area (Å²) in [5.41, 5.74) is 18.3. The Kier molecular flexibility index (Phi) is 21.6. The Morgan fingerprint density at radius 2 is 1.07 bits per heavy atom. The van der Waals surface area contributed by atoms with E-state index in [-0.39, 0.29) is 74.1 Å². The number of aromatic nitrogens is 4. The standard InChI is InChI=1S/C28H39N7O4S.C17H22N6O3S.C16H27NO4/c1-40(38,39)22-6-4-20(5-7-22)32-26-24(25(29)36)31-17-23(34-26)35-16-2-3-21(18-35)33-27(37)19-8-10-28(11-9-19)12-14-30-15-13-28;1-27(25,26)13-6-4-12(5-7-13)21-17-15(16(19)24)20-9-14(22-17)23-8-2-3-11(18)10-23;1-15(2,3)21-14(20)17-10-8-16(9-11-17)6-4-12(5-7-16)13(18)19/h4-7,17,19,21,30H,2-3,8-16,18H2,1H3,(H2,29,36)(H,32,34)(H,33,37);4-7,9,11H,2-3,8,10,18H2,1H3,(H2,19,24)(H,21,22);12H,4-11H2,1-3H3,(H,18,19). The molecule has 11 N–H and O–H groups in total. The minimum absolute atomic E-state index is 0.00671. The molecule has 2 spiro atoms. The van der Waals surface area contributed by atoms with E-state index in [1.165, 1.54) is 49.5 Å². The SMILES string of the molecule is CC(C)(C)OC(=O)N1CCC2(CCC(C(=O)O)CC2)CC1.CS(=O)(=O)c1ccc(Nc2nc(N3CCCC(N)C3)cnc2C(N)=O)cc1.CS(=O)(=O)c1ccc(Nc2nc(N3CCCC(NC(=O)C4CCC5(CCNCC5)CC4)C3)cnc2C(N)=O)cc1. The van der Waals surface area contributed by atoms with Crippen LogP contribution in [0.25, 0.3) is 0 Å². The van der Waals surface area contributed by atoms with Gasteiger partial charge in [0.05, 0.1) is 28.1 Å². The first-order valence-electron chi connectivity index (χ1n) is 30.5. The first kappa shape index (κ1) is 66.7. The first-order chi connectivity index (χ1) is 41.6. The summed E-state index contributed by atoms with van der Waals surface area (Å²) in [5.74, 6) is -0.438. The van der Waals surface area contributed by atoms with Crippen LogP contribution in [0.15, 0.2) is 70.7 Å². The van der Waals surface area contributed by atoms with E-state index in [1.54, 1.807) is 29.2 Å². The predicted octanol–water partition coefficient (Wildman–Crippen LogP) is 6.30. The fourth-order valence-corrected chi connectivity index (χ4v) is 14.0. The number of carboxylic acid groups (broad SMARTS) is 1. The number of carbonyl (C=O) groups excluding carboxylic acids is 4. The minimum Gasteiger partial charge on any atom is -0.481 e. The largest absolute Gasteiger partial charge is 0.481 e. The number of nitrogens with zero attached hydrogens (tertiary/aromatic N) is 7. The molecule has 6 heterocycles. The average Bonchev–Trinajstić information content (AvgIpc) is 3.68. The number of rotatable bonds is 13. The zero-order valence-corrected chi connectivity index (χ0v) is 52.9. The Bertz CT molecular complexity index is 3330. The summed E-state index contributed by atoms with van der Waals surface area (Å²) >= 11 is 0. The van der Waals surface area contributed by atoms with Crippen LogP contribution < -0.4 is 48.3 Å². The third-order valence-electron chi connectivity index (χ3n) is 17.9. The third-order valence-corrected chi connectivity index (χ3v) is 20.2. The fraction of sp³-hybridized carbons (Fsp3) is 0.590. The van der Waals surface area contributed by atoms with E-state index in [2.05, 4.69) is 46.1 Å². The highest BCUT2D eigenvalue weighted by Crippen LogP contribution is 2.47. The highest BCUT2D eigenvalue weighted by Gasteiger charge is 2.42. The topological polar surface area (TPSA) is 371 Å². The molecule has 2 aromatic heterocycles. The zero-order chi connectivity index (χ0) is 63.6. The molecule has 2 atom stereocenters. The second-order valence-electron chi connectivity index (χ2n) is 25.7. The van der Waals surface area contributed by atoms with Crippen molar-refractivity contribution in [2.45, 2.75) is 151 Å². The molecule has 27 heteroatoms. The summed E-state index contributed by atoms with van der Waals surface area (Å²) < 4.78 is 52.1. The average molecular weight is 1260 g/mol. The normalized spacial score (nSPS) is 21.3. The molecule has 4 aromatic rings. The van der Waals surface area contributed by atoms with Crippen molar-refractivity contribution >= 4 is 84.1 Å². The molecule has 10 rings (SSSR count). The molecule has 4 aliphatic heterocycles. The van der Waals surface area contributed by atoms with Crippen molar-refractivity contribution in [3.63, 3.8) is 0 Å². The Labute approximate surface area is 516 Å². The van der Waals surface area contributed by atoms with Gasteiger partial charge in [-0.1, -0.05) is 0 Å². The van der Waals surface area contributed by atoms with E-state index in [4.69, 9.17) is 27.0 Å². The number of amides is 4. The number of piperidine rings is 4. The molecule has 0 bridgehead atoms. The lowest BCUT2D eigenvalue weighted by Gasteiger charge is -2.45. The number of hydrogen-bond acceptors (Lipinski definition) is 20. The van der Waals surface area contributed by atoms with Crippen LogP contribution in [0.5, 0.6) is 0 Å².